The number of methoxy groups -OCH3 is 1. The van der Waals surface area contributed by atoms with Crippen molar-refractivity contribution in [2.24, 2.45) is 0 Å². The normalized spacial score (nSPS) is 22.9. The molecule has 0 unspecified atom stereocenters. The van der Waals surface area contributed by atoms with Crippen molar-refractivity contribution in [3.63, 3.8) is 0 Å². The number of rotatable bonds is 7. The van der Waals surface area contributed by atoms with Crippen molar-refractivity contribution in [2.45, 2.75) is 31.7 Å². The Balaban J connectivity index is 1.18. The second-order valence-corrected chi connectivity index (χ2v) is 7.99. The van der Waals surface area contributed by atoms with Crippen LogP contribution in [-0.2, 0) is 4.79 Å². The van der Waals surface area contributed by atoms with Crippen molar-refractivity contribution in [3.05, 3.63) is 24.3 Å². The maximum Gasteiger partial charge on any atom is 0.327 e. The van der Waals surface area contributed by atoms with E-state index in [2.05, 4.69) is 17.0 Å². The number of hydrogen-bond donors (Lipinski definition) is 1. The van der Waals surface area contributed by atoms with Crippen LogP contribution in [-0.4, -0.2) is 80.7 Å². The fourth-order valence-electron chi connectivity index (χ4n) is 4.74. The first kappa shape index (κ1) is 19.1. The Hall–Kier alpha value is -2.28. The van der Waals surface area contributed by atoms with Crippen molar-refractivity contribution in [3.8, 4) is 5.75 Å². The molecule has 3 heterocycles. The first-order chi connectivity index (χ1) is 13.7. The summed E-state index contributed by atoms with van der Waals surface area (Å²) in [4.78, 5) is 31.9. The first-order valence-corrected chi connectivity index (χ1v) is 10.5. The van der Waals surface area contributed by atoms with E-state index in [0.29, 0.717) is 6.54 Å². The van der Waals surface area contributed by atoms with Gasteiger partial charge in [-0.1, -0.05) is 12.1 Å². The third kappa shape index (κ3) is 3.68. The number of carbonyl (C=O) groups is 2. The first-order valence-electron chi connectivity index (χ1n) is 10.5. The Morgan fingerprint density at radius 2 is 1.89 bits per heavy atom. The molecule has 0 aromatic heterocycles. The lowest BCUT2D eigenvalue weighted by molar-refractivity contribution is -0.900. The Bertz CT molecular complexity index is 695. The number of amides is 3. The minimum absolute atomic E-state index is 0.0280. The van der Waals surface area contributed by atoms with Crippen molar-refractivity contribution in [1.82, 2.24) is 9.80 Å². The summed E-state index contributed by atoms with van der Waals surface area (Å²) in [6, 6.07) is 7.97. The van der Waals surface area contributed by atoms with E-state index >= 15 is 0 Å². The molecule has 0 spiro atoms. The highest BCUT2D eigenvalue weighted by atomic mass is 16.5. The van der Waals surface area contributed by atoms with E-state index in [4.69, 9.17) is 4.74 Å². The summed E-state index contributed by atoms with van der Waals surface area (Å²) < 4.78 is 5.49. The van der Waals surface area contributed by atoms with Gasteiger partial charge in [-0.3, -0.25) is 9.69 Å². The van der Waals surface area contributed by atoms with Gasteiger partial charge in [0.05, 0.1) is 45.5 Å². The van der Waals surface area contributed by atoms with Crippen LogP contribution in [0.2, 0.25) is 0 Å². The molecule has 28 heavy (non-hydrogen) atoms. The molecule has 3 saturated heterocycles. The number of imide groups is 1. The van der Waals surface area contributed by atoms with E-state index in [-0.39, 0.29) is 18.0 Å². The molecule has 3 fully saturated rings. The zero-order valence-corrected chi connectivity index (χ0v) is 16.7. The minimum Gasteiger partial charge on any atom is -0.495 e. The molecule has 4 rings (SSSR count). The molecule has 1 N–H and O–H groups in total. The minimum atomic E-state index is -0.166. The molecule has 1 atom stereocenters. The summed E-state index contributed by atoms with van der Waals surface area (Å²) in [6.07, 6.45) is 3.74. The highest BCUT2D eigenvalue weighted by Crippen LogP contribution is 2.28. The lowest BCUT2D eigenvalue weighted by Crippen LogP contribution is -3.14. The van der Waals surface area contributed by atoms with E-state index in [0.717, 1.165) is 70.7 Å². The highest BCUT2D eigenvalue weighted by Gasteiger charge is 2.46. The largest absolute Gasteiger partial charge is 0.495 e. The topological polar surface area (TPSA) is 57.5 Å². The summed E-state index contributed by atoms with van der Waals surface area (Å²) in [5.41, 5.74) is 1.18. The number of unbranched alkanes of at least 4 members (excludes halogenated alkanes) is 1. The van der Waals surface area contributed by atoms with Gasteiger partial charge in [0.25, 0.3) is 5.91 Å². The fraction of sp³-hybridized carbons (Fsp3) is 0.619. The van der Waals surface area contributed by atoms with E-state index in [1.807, 2.05) is 12.1 Å². The average molecular weight is 388 g/mol. The maximum atomic E-state index is 12.4. The molecule has 0 aliphatic carbocycles. The number of fused-ring (bicyclic) bond motifs is 1. The number of para-hydroxylation sites is 2. The fourth-order valence-corrected chi connectivity index (χ4v) is 4.74. The van der Waals surface area contributed by atoms with E-state index in [9.17, 15) is 9.59 Å². The SMILES string of the molecule is COc1ccccc1N1CC[NH+](CCCCN2C(=O)[C@H]3CCCN3C2=O)CC1. The number of anilines is 1. The van der Waals surface area contributed by atoms with Gasteiger partial charge in [0.2, 0.25) is 0 Å². The predicted octanol–water partition coefficient (Wildman–Crippen LogP) is 0.607. The van der Waals surface area contributed by atoms with Crippen molar-refractivity contribution in [1.29, 1.82) is 0 Å². The second kappa shape index (κ2) is 8.39. The van der Waals surface area contributed by atoms with Gasteiger partial charge in [-0.15, -0.1) is 0 Å². The molecule has 3 aliphatic heterocycles. The van der Waals surface area contributed by atoms with Crippen LogP contribution >= 0.6 is 0 Å². The van der Waals surface area contributed by atoms with Crippen LogP contribution in [0.5, 0.6) is 5.75 Å². The monoisotopic (exact) mass is 387 g/mol. The zero-order chi connectivity index (χ0) is 19.5. The molecule has 1 aromatic rings. The predicted molar refractivity (Wildman–Crippen MR) is 107 cm³/mol. The molecule has 7 nitrogen and oxygen atoms in total. The number of piperazine rings is 1. The molecule has 0 bridgehead atoms. The van der Waals surface area contributed by atoms with E-state index < -0.39 is 0 Å². The smallest absolute Gasteiger partial charge is 0.327 e. The van der Waals surface area contributed by atoms with Gasteiger partial charge in [0, 0.05) is 13.1 Å². The Morgan fingerprint density at radius 1 is 1.11 bits per heavy atom. The molecule has 152 valence electrons. The van der Waals surface area contributed by atoms with Crippen LogP contribution in [0.4, 0.5) is 10.5 Å². The number of hydrogen-bond acceptors (Lipinski definition) is 4. The van der Waals surface area contributed by atoms with Gasteiger partial charge in [0.1, 0.15) is 11.8 Å². The third-order valence-corrected chi connectivity index (χ3v) is 6.34. The average Bonchev–Trinajstić information content (AvgIpc) is 3.30. The number of carbonyl (C=O) groups excluding carboxylic acids is 2. The highest BCUT2D eigenvalue weighted by molar-refractivity contribution is 6.04. The Labute approximate surface area is 166 Å². The molecule has 0 radical (unpaired) electrons. The van der Waals surface area contributed by atoms with Crippen LogP contribution in [0.15, 0.2) is 24.3 Å². The number of ether oxygens (including phenoxy) is 1. The van der Waals surface area contributed by atoms with Gasteiger partial charge < -0.3 is 19.4 Å². The van der Waals surface area contributed by atoms with Gasteiger partial charge in [-0.05, 0) is 37.8 Å². The summed E-state index contributed by atoms with van der Waals surface area (Å²) in [5, 5.41) is 0. The molecule has 7 heteroatoms. The lowest BCUT2D eigenvalue weighted by Gasteiger charge is -2.34. The summed E-state index contributed by atoms with van der Waals surface area (Å²) in [6.45, 7) is 6.68. The van der Waals surface area contributed by atoms with Gasteiger partial charge in [-0.25, -0.2) is 4.79 Å². The van der Waals surface area contributed by atoms with Crippen LogP contribution in [0.25, 0.3) is 0 Å². The Kier molecular flexibility index (Phi) is 5.71. The quantitative estimate of drug-likeness (QED) is 0.550. The second-order valence-electron chi connectivity index (χ2n) is 7.99. The summed E-state index contributed by atoms with van der Waals surface area (Å²) in [5.74, 6) is 0.965. The van der Waals surface area contributed by atoms with Crippen molar-refractivity contribution in [2.75, 3.05) is 57.8 Å². The standard InChI is InChI=1S/C21H30N4O3/c1-28-19-9-3-2-7-17(19)23-15-13-22(14-16-23)10-4-5-11-25-20(26)18-8-6-12-24(18)21(25)27/h2-3,7,9,18H,4-6,8,10-16H2,1H3/p+1/t18-/m1/s1. The van der Waals surface area contributed by atoms with Gasteiger partial charge >= 0.3 is 6.03 Å². The van der Waals surface area contributed by atoms with E-state index in [1.165, 1.54) is 10.6 Å². The Morgan fingerprint density at radius 3 is 2.64 bits per heavy atom. The number of benzene rings is 1. The van der Waals surface area contributed by atoms with Crippen molar-refractivity contribution >= 4 is 17.6 Å². The molecular weight excluding hydrogens is 356 g/mol. The number of urea groups is 1. The number of nitrogens with one attached hydrogen (secondary N) is 1. The van der Waals surface area contributed by atoms with Crippen LogP contribution < -0.4 is 14.5 Å². The van der Waals surface area contributed by atoms with Gasteiger partial charge in [0.15, 0.2) is 0 Å². The van der Waals surface area contributed by atoms with E-state index in [1.54, 1.807) is 16.9 Å². The van der Waals surface area contributed by atoms with Gasteiger partial charge in [-0.2, -0.15) is 0 Å². The van der Waals surface area contributed by atoms with Crippen molar-refractivity contribution < 1.29 is 19.2 Å². The number of nitrogens with zero attached hydrogens (tertiary/aromatic N) is 3. The summed E-state index contributed by atoms with van der Waals surface area (Å²) >= 11 is 0. The molecule has 3 aliphatic rings. The number of quaternary nitrogens is 1. The third-order valence-electron chi connectivity index (χ3n) is 6.34. The summed E-state index contributed by atoms with van der Waals surface area (Å²) in [7, 11) is 1.72. The molecule has 3 amide bonds. The lowest BCUT2D eigenvalue weighted by atomic mass is 10.2. The van der Waals surface area contributed by atoms with Crippen LogP contribution in [0.1, 0.15) is 25.7 Å². The molecule has 1 aromatic carbocycles. The van der Waals surface area contributed by atoms with Crippen LogP contribution in [0, 0.1) is 0 Å². The molecular formula is C21H31N4O3+. The maximum absolute atomic E-state index is 12.4. The van der Waals surface area contributed by atoms with Crippen LogP contribution in [0.3, 0.4) is 0 Å². The molecule has 0 saturated carbocycles. The zero-order valence-electron chi connectivity index (χ0n) is 16.7.